The van der Waals surface area contributed by atoms with Gasteiger partial charge in [-0.15, -0.1) is 0 Å². The van der Waals surface area contributed by atoms with Crippen molar-refractivity contribution >= 4 is 5.91 Å². The van der Waals surface area contributed by atoms with Crippen LogP contribution in [-0.2, 0) is 22.4 Å². The van der Waals surface area contributed by atoms with Crippen molar-refractivity contribution < 1.29 is 14.6 Å². The van der Waals surface area contributed by atoms with Gasteiger partial charge in [-0.3, -0.25) is 9.69 Å². The number of nitrogens with one attached hydrogen (secondary N) is 1. The Morgan fingerprint density at radius 3 is 2.61 bits per heavy atom. The standard InChI is InChI=1S/C26H44N4O3/c1-20(2)30(15-6-5-14-28-21(3)33-25-13-16-29(4)19-25)18-24(31)12-11-22-7-9-23(10-8-22)17-26(27)32/h7-10,20,24-25,28,31H,3,5-6,11-19H2,1-2,4H3,(H2,27,32)/t24?,25-/m1/s1. The average molecular weight is 461 g/mol. The van der Waals surface area contributed by atoms with Crippen LogP contribution in [0, 0.1) is 0 Å². The number of carbonyl (C=O) groups is 1. The van der Waals surface area contributed by atoms with Crippen molar-refractivity contribution in [2.45, 2.75) is 70.6 Å². The van der Waals surface area contributed by atoms with Gasteiger partial charge in [0.2, 0.25) is 5.91 Å². The summed E-state index contributed by atoms with van der Waals surface area (Å²) in [7, 11) is 2.11. The van der Waals surface area contributed by atoms with Crippen molar-refractivity contribution in [2.75, 3.05) is 39.8 Å². The topological polar surface area (TPSA) is 91.1 Å². The number of ether oxygens (including phenoxy) is 1. The predicted molar refractivity (Wildman–Crippen MR) is 134 cm³/mol. The smallest absolute Gasteiger partial charge is 0.221 e. The number of hydrogen-bond donors (Lipinski definition) is 3. The molecule has 0 bridgehead atoms. The van der Waals surface area contributed by atoms with E-state index in [0.29, 0.717) is 24.9 Å². The number of aliphatic hydroxyl groups is 1. The normalized spacial score (nSPS) is 17.5. The van der Waals surface area contributed by atoms with Gasteiger partial charge in [-0.05, 0) is 77.2 Å². The molecule has 0 aromatic heterocycles. The molecule has 1 aromatic rings. The maximum absolute atomic E-state index is 11.0. The Hall–Kier alpha value is -2.09. The summed E-state index contributed by atoms with van der Waals surface area (Å²) in [5, 5.41) is 13.9. The van der Waals surface area contributed by atoms with Crippen molar-refractivity contribution in [1.29, 1.82) is 0 Å². The molecule has 1 fully saturated rings. The van der Waals surface area contributed by atoms with E-state index in [9.17, 15) is 9.90 Å². The maximum Gasteiger partial charge on any atom is 0.221 e. The predicted octanol–water partition coefficient (Wildman–Crippen LogP) is 2.28. The SMILES string of the molecule is C=C(NCCCCN(CC(O)CCc1ccc(CC(N)=O)cc1)C(C)C)O[C@@H]1CCN(C)C1. The number of carbonyl (C=O) groups excluding carboxylic acids is 1. The van der Waals surface area contributed by atoms with Gasteiger partial charge in [0.25, 0.3) is 0 Å². The third-order valence-corrected chi connectivity index (χ3v) is 6.19. The minimum Gasteiger partial charge on any atom is -0.475 e. The van der Waals surface area contributed by atoms with Gasteiger partial charge in [0.05, 0.1) is 12.5 Å². The van der Waals surface area contributed by atoms with Crippen molar-refractivity contribution in [3.8, 4) is 0 Å². The van der Waals surface area contributed by atoms with Crippen LogP contribution in [0.15, 0.2) is 36.7 Å². The number of benzene rings is 1. The van der Waals surface area contributed by atoms with Crippen LogP contribution in [0.4, 0.5) is 0 Å². The van der Waals surface area contributed by atoms with Crippen molar-refractivity contribution in [3.05, 3.63) is 47.9 Å². The zero-order valence-electron chi connectivity index (χ0n) is 20.8. The highest BCUT2D eigenvalue weighted by molar-refractivity contribution is 5.76. The van der Waals surface area contributed by atoms with E-state index in [4.69, 9.17) is 10.5 Å². The molecule has 0 aliphatic carbocycles. The van der Waals surface area contributed by atoms with Gasteiger partial charge in [-0.1, -0.05) is 24.3 Å². The second kappa shape index (κ2) is 14.2. The fourth-order valence-corrected chi connectivity index (χ4v) is 4.18. The molecule has 7 heteroatoms. The molecule has 0 spiro atoms. The Labute approximate surface area is 200 Å². The van der Waals surface area contributed by atoms with E-state index in [1.165, 1.54) is 0 Å². The number of hydrogen-bond acceptors (Lipinski definition) is 6. The molecule has 1 aromatic carbocycles. The second-order valence-corrected chi connectivity index (χ2v) is 9.59. The number of unbranched alkanes of at least 4 members (excludes halogenated alkanes) is 1. The van der Waals surface area contributed by atoms with Gasteiger partial charge in [-0.25, -0.2) is 0 Å². The maximum atomic E-state index is 11.0. The van der Waals surface area contributed by atoms with Crippen molar-refractivity contribution in [2.24, 2.45) is 5.73 Å². The summed E-state index contributed by atoms with van der Waals surface area (Å²) in [5.41, 5.74) is 7.33. The lowest BCUT2D eigenvalue weighted by atomic mass is 10.0. The molecular weight excluding hydrogens is 416 g/mol. The summed E-state index contributed by atoms with van der Waals surface area (Å²) >= 11 is 0. The monoisotopic (exact) mass is 460 g/mol. The first kappa shape index (κ1) is 27.2. The van der Waals surface area contributed by atoms with Crippen LogP contribution < -0.4 is 11.1 Å². The van der Waals surface area contributed by atoms with Crippen LogP contribution in [0.5, 0.6) is 0 Å². The number of likely N-dealkylation sites (N-methyl/N-ethyl adjacent to an activating group) is 1. The van der Waals surface area contributed by atoms with Gasteiger partial charge in [0.1, 0.15) is 6.10 Å². The molecule has 0 saturated carbocycles. The largest absolute Gasteiger partial charge is 0.475 e. The lowest BCUT2D eigenvalue weighted by molar-refractivity contribution is -0.117. The number of likely N-dealkylation sites (tertiary alicyclic amines) is 1. The molecule has 1 heterocycles. The summed E-state index contributed by atoms with van der Waals surface area (Å²) in [6.45, 7) is 12.9. The first-order chi connectivity index (χ1) is 15.7. The molecule has 186 valence electrons. The average Bonchev–Trinajstić information content (AvgIpc) is 3.16. The van der Waals surface area contributed by atoms with Crippen LogP contribution in [0.25, 0.3) is 0 Å². The summed E-state index contributed by atoms with van der Waals surface area (Å²) in [6.07, 6.45) is 4.82. The number of aryl methyl sites for hydroxylation is 1. The van der Waals surface area contributed by atoms with Gasteiger partial charge < -0.3 is 25.8 Å². The molecule has 4 N–H and O–H groups in total. The van der Waals surface area contributed by atoms with Crippen LogP contribution >= 0.6 is 0 Å². The third-order valence-electron chi connectivity index (χ3n) is 6.19. The molecule has 1 amide bonds. The summed E-state index contributed by atoms with van der Waals surface area (Å²) in [6, 6.07) is 8.29. The molecule has 1 unspecified atom stereocenters. The van der Waals surface area contributed by atoms with Crippen molar-refractivity contribution in [1.82, 2.24) is 15.1 Å². The molecule has 1 saturated heterocycles. The fourth-order valence-electron chi connectivity index (χ4n) is 4.18. The number of amides is 1. The number of nitrogens with two attached hydrogens (primary N) is 1. The lowest BCUT2D eigenvalue weighted by Crippen LogP contribution is -2.38. The first-order valence-electron chi connectivity index (χ1n) is 12.3. The highest BCUT2D eigenvalue weighted by Gasteiger charge is 2.21. The molecule has 7 nitrogen and oxygen atoms in total. The Kier molecular flexibility index (Phi) is 11.7. The van der Waals surface area contributed by atoms with E-state index in [1.807, 2.05) is 24.3 Å². The molecule has 1 aliphatic rings. The van der Waals surface area contributed by atoms with Crippen LogP contribution in [-0.4, -0.2) is 78.8 Å². The van der Waals surface area contributed by atoms with Gasteiger partial charge in [0, 0.05) is 32.2 Å². The zero-order valence-corrected chi connectivity index (χ0v) is 20.8. The fraction of sp³-hybridized carbons (Fsp3) is 0.654. The van der Waals surface area contributed by atoms with E-state index in [0.717, 1.165) is 63.0 Å². The summed E-state index contributed by atoms with van der Waals surface area (Å²) < 4.78 is 5.88. The Balaban J connectivity index is 1.61. The third kappa shape index (κ3) is 11.1. The minimum absolute atomic E-state index is 0.251. The lowest BCUT2D eigenvalue weighted by Gasteiger charge is -2.29. The quantitative estimate of drug-likeness (QED) is 0.259. The van der Waals surface area contributed by atoms with Crippen molar-refractivity contribution in [3.63, 3.8) is 0 Å². The molecule has 0 radical (unpaired) electrons. The summed E-state index contributed by atoms with van der Waals surface area (Å²) in [5.74, 6) is 0.354. The molecule has 2 atom stereocenters. The van der Waals surface area contributed by atoms with Gasteiger partial charge in [0.15, 0.2) is 5.88 Å². The minimum atomic E-state index is -0.367. The van der Waals surface area contributed by atoms with Crippen LogP contribution in [0.2, 0.25) is 0 Å². The van der Waals surface area contributed by atoms with Crippen LogP contribution in [0.3, 0.4) is 0 Å². The van der Waals surface area contributed by atoms with Gasteiger partial charge in [-0.2, -0.15) is 0 Å². The van der Waals surface area contributed by atoms with E-state index in [1.54, 1.807) is 0 Å². The van der Waals surface area contributed by atoms with E-state index in [2.05, 4.69) is 42.6 Å². The number of primary amides is 1. The molecule has 33 heavy (non-hydrogen) atoms. The molecular formula is C26H44N4O3. The van der Waals surface area contributed by atoms with Crippen LogP contribution in [0.1, 0.15) is 50.7 Å². The molecule has 1 aliphatic heterocycles. The summed E-state index contributed by atoms with van der Waals surface area (Å²) in [4.78, 5) is 15.6. The Morgan fingerprint density at radius 1 is 1.30 bits per heavy atom. The number of nitrogens with zero attached hydrogens (tertiary/aromatic N) is 2. The zero-order chi connectivity index (χ0) is 24.2. The Morgan fingerprint density at radius 2 is 2.00 bits per heavy atom. The van der Waals surface area contributed by atoms with E-state index < -0.39 is 0 Å². The Bertz CT molecular complexity index is 723. The van der Waals surface area contributed by atoms with Gasteiger partial charge >= 0.3 is 0 Å². The number of rotatable bonds is 16. The second-order valence-electron chi connectivity index (χ2n) is 9.59. The number of aliphatic hydroxyl groups excluding tert-OH is 1. The molecule has 2 rings (SSSR count). The first-order valence-corrected chi connectivity index (χ1v) is 12.3. The van der Waals surface area contributed by atoms with E-state index >= 15 is 0 Å². The highest BCUT2D eigenvalue weighted by atomic mass is 16.5. The highest BCUT2D eigenvalue weighted by Crippen LogP contribution is 2.13. The van der Waals surface area contributed by atoms with E-state index in [-0.39, 0.29) is 24.5 Å².